The zero-order valence-corrected chi connectivity index (χ0v) is 14.5. The Kier molecular flexibility index (Phi) is 12.2. The molecule has 0 saturated carbocycles. The summed E-state index contributed by atoms with van der Waals surface area (Å²) in [4.78, 5) is 0. The summed E-state index contributed by atoms with van der Waals surface area (Å²) in [6.07, 6.45) is 11.3. The molecule has 0 aromatic heterocycles. The Hall–Kier alpha value is 0.690. The van der Waals surface area contributed by atoms with Gasteiger partial charge in [0, 0.05) is 4.43 Å². The average Bonchev–Trinajstić information content (AvgIpc) is 2.31. The van der Waals surface area contributed by atoms with E-state index in [1.165, 1.54) is 79.9 Å². The molecule has 0 bridgehead atoms. The fourth-order valence-corrected chi connectivity index (χ4v) is 3.54. The highest BCUT2D eigenvalue weighted by atomic mass is 127. The third-order valence-electron chi connectivity index (χ3n) is 3.73. The molecular weight excluding hydrogens is 321 g/mol. The molecule has 0 aliphatic heterocycles. The zero-order valence-electron chi connectivity index (χ0n) is 12.3. The number of hydrogen-bond donors (Lipinski definition) is 0. The van der Waals surface area contributed by atoms with Gasteiger partial charge in [0.2, 0.25) is 0 Å². The van der Waals surface area contributed by atoms with E-state index in [1.54, 1.807) is 0 Å². The molecule has 0 radical (unpaired) electrons. The Labute approximate surface area is 123 Å². The topological polar surface area (TPSA) is 0 Å². The van der Waals surface area contributed by atoms with E-state index in [4.69, 9.17) is 0 Å². The van der Waals surface area contributed by atoms with Crippen LogP contribution in [-0.2, 0) is 0 Å². The molecular formula is C15H33IN+. The van der Waals surface area contributed by atoms with Crippen molar-refractivity contribution in [3.05, 3.63) is 0 Å². The highest BCUT2D eigenvalue weighted by Gasteiger charge is 2.19. The van der Waals surface area contributed by atoms with Crippen LogP contribution in [0.5, 0.6) is 0 Å². The molecule has 0 amide bonds. The summed E-state index contributed by atoms with van der Waals surface area (Å²) >= 11 is 2.53. The standard InChI is InChI=1S/C15H33IN/c1-4-6-8-10-13-17(3,15-12-16)14-11-9-7-5-2/h4-15H2,1-3H3/q+1. The maximum Gasteiger partial charge on any atom is 0.0875 e. The van der Waals surface area contributed by atoms with Crippen molar-refractivity contribution >= 4 is 22.6 Å². The van der Waals surface area contributed by atoms with Crippen molar-refractivity contribution in [2.75, 3.05) is 31.1 Å². The van der Waals surface area contributed by atoms with E-state index in [9.17, 15) is 0 Å². The van der Waals surface area contributed by atoms with Gasteiger partial charge < -0.3 is 4.48 Å². The van der Waals surface area contributed by atoms with Gasteiger partial charge in [-0.15, -0.1) is 0 Å². The smallest absolute Gasteiger partial charge is 0.0875 e. The molecule has 0 aliphatic carbocycles. The fourth-order valence-electron chi connectivity index (χ4n) is 2.38. The zero-order chi connectivity index (χ0) is 13.0. The van der Waals surface area contributed by atoms with E-state index in [2.05, 4.69) is 43.5 Å². The van der Waals surface area contributed by atoms with Gasteiger partial charge in [-0.3, -0.25) is 0 Å². The maximum atomic E-state index is 2.53. The summed E-state index contributed by atoms with van der Waals surface area (Å²) in [5.74, 6) is 0. The highest BCUT2D eigenvalue weighted by molar-refractivity contribution is 14.1. The number of rotatable bonds is 12. The van der Waals surface area contributed by atoms with Gasteiger partial charge in [-0.25, -0.2) is 0 Å². The first-order chi connectivity index (χ1) is 8.18. The van der Waals surface area contributed by atoms with E-state index in [-0.39, 0.29) is 0 Å². The van der Waals surface area contributed by atoms with E-state index >= 15 is 0 Å². The fraction of sp³-hybridized carbons (Fsp3) is 1.00. The maximum absolute atomic E-state index is 2.53. The Morgan fingerprint density at radius 3 is 1.53 bits per heavy atom. The highest BCUT2D eigenvalue weighted by Crippen LogP contribution is 2.12. The van der Waals surface area contributed by atoms with Gasteiger partial charge in [0.15, 0.2) is 0 Å². The Morgan fingerprint density at radius 1 is 0.706 bits per heavy atom. The molecule has 104 valence electrons. The van der Waals surface area contributed by atoms with E-state index < -0.39 is 0 Å². The van der Waals surface area contributed by atoms with Crippen LogP contribution in [0.25, 0.3) is 0 Å². The Morgan fingerprint density at radius 2 is 1.18 bits per heavy atom. The van der Waals surface area contributed by atoms with Crippen molar-refractivity contribution in [1.82, 2.24) is 0 Å². The summed E-state index contributed by atoms with van der Waals surface area (Å²) in [6.45, 7) is 8.75. The monoisotopic (exact) mass is 354 g/mol. The van der Waals surface area contributed by atoms with Gasteiger partial charge in [0.05, 0.1) is 26.7 Å². The molecule has 17 heavy (non-hydrogen) atoms. The predicted molar refractivity (Wildman–Crippen MR) is 88.0 cm³/mol. The Balaban J connectivity index is 3.80. The van der Waals surface area contributed by atoms with Crippen molar-refractivity contribution in [2.24, 2.45) is 0 Å². The molecule has 2 heteroatoms. The van der Waals surface area contributed by atoms with Crippen molar-refractivity contribution in [3.63, 3.8) is 0 Å². The van der Waals surface area contributed by atoms with Gasteiger partial charge >= 0.3 is 0 Å². The summed E-state index contributed by atoms with van der Waals surface area (Å²) in [6, 6.07) is 0. The second-order valence-electron chi connectivity index (χ2n) is 5.60. The first-order valence-electron chi connectivity index (χ1n) is 7.58. The third kappa shape index (κ3) is 10.3. The van der Waals surface area contributed by atoms with Gasteiger partial charge in [0.1, 0.15) is 0 Å². The third-order valence-corrected chi connectivity index (χ3v) is 4.21. The minimum Gasteiger partial charge on any atom is -0.325 e. The van der Waals surface area contributed by atoms with Crippen LogP contribution >= 0.6 is 22.6 Å². The molecule has 0 saturated heterocycles. The van der Waals surface area contributed by atoms with Gasteiger partial charge in [-0.1, -0.05) is 62.1 Å². The van der Waals surface area contributed by atoms with Crippen LogP contribution in [0.2, 0.25) is 0 Å². The van der Waals surface area contributed by atoms with Crippen LogP contribution in [0.15, 0.2) is 0 Å². The van der Waals surface area contributed by atoms with Gasteiger partial charge in [-0.05, 0) is 25.7 Å². The number of halogens is 1. The molecule has 0 N–H and O–H groups in total. The van der Waals surface area contributed by atoms with Crippen molar-refractivity contribution in [1.29, 1.82) is 0 Å². The molecule has 0 spiro atoms. The summed E-state index contributed by atoms with van der Waals surface area (Å²) < 4.78 is 2.62. The van der Waals surface area contributed by atoms with E-state index in [1.807, 2.05) is 0 Å². The normalized spacial score (nSPS) is 12.0. The largest absolute Gasteiger partial charge is 0.325 e. The van der Waals surface area contributed by atoms with Gasteiger partial charge in [-0.2, -0.15) is 0 Å². The summed E-state index contributed by atoms with van der Waals surface area (Å²) in [7, 11) is 2.47. The predicted octanol–water partition coefficient (Wildman–Crippen LogP) is 5.03. The summed E-state index contributed by atoms with van der Waals surface area (Å²) in [5.41, 5.74) is 0. The lowest BCUT2D eigenvalue weighted by Crippen LogP contribution is -2.46. The van der Waals surface area contributed by atoms with Crippen molar-refractivity contribution in [3.8, 4) is 0 Å². The quantitative estimate of drug-likeness (QED) is 0.200. The first kappa shape index (κ1) is 17.7. The molecule has 0 aliphatic rings. The van der Waals surface area contributed by atoms with Crippen LogP contribution < -0.4 is 0 Å². The van der Waals surface area contributed by atoms with Crippen LogP contribution in [0.1, 0.15) is 65.2 Å². The molecule has 1 nitrogen and oxygen atoms in total. The van der Waals surface area contributed by atoms with Crippen LogP contribution in [-0.4, -0.2) is 35.6 Å². The lowest BCUT2D eigenvalue weighted by atomic mass is 10.1. The van der Waals surface area contributed by atoms with Crippen LogP contribution in [0.4, 0.5) is 0 Å². The van der Waals surface area contributed by atoms with Crippen LogP contribution in [0.3, 0.4) is 0 Å². The molecule has 0 unspecified atom stereocenters. The minimum absolute atomic E-state index is 1.30. The SMILES string of the molecule is CCCCCC[N+](C)(CCI)CCCCCC. The molecule has 0 aromatic carbocycles. The molecule has 0 atom stereocenters. The van der Waals surface area contributed by atoms with Crippen molar-refractivity contribution in [2.45, 2.75) is 65.2 Å². The number of nitrogens with zero attached hydrogens (tertiary/aromatic N) is 1. The van der Waals surface area contributed by atoms with E-state index in [0.717, 1.165) is 0 Å². The summed E-state index contributed by atoms with van der Waals surface area (Å²) in [5, 5.41) is 0. The molecule has 0 fully saturated rings. The number of alkyl halides is 1. The lowest BCUT2D eigenvalue weighted by molar-refractivity contribution is -0.907. The number of hydrogen-bond acceptors (Lipinski definition) is 0. The first-order valence-corrected chi connectivity index (χ1v) is 9.10. The molecule has 0 aromatic rings. The number of unbranched alkanes of at least 4 members (excludes halogenated alkanes) is 6. The Bertz CT molecular complexity index is 147. The molecule has 0 heterocycles. The average molecular weight is 354 g/mol. The van der Waals surface area contributed by atoms with E-state index in [0.29, 0.717) is 0 Å². The lowest BCUT2D eigenvalue weighted by Gasteiger charge is -2.34. The van der Waals surface area contributed by atoms with Gasteiger partial charge in [0.25, 0.3) is 0 Å². The minimum atomic E-state index is 1.30. The second-order valence-corrected chi connectivity index (χ2v) is 6.68. The van der Waals surface area contributed by atoms with Crippen molar-refractivity contribution < 1.29 is 4.48 Å². The van der Waals surface area contributed by atoms with Crippen LogP contribution in [0, 0.1) is 0 Å². The second kappa shape index (κ2) is 11.8. The molecule has 0 rings (SSSR count). The number of quaternary nitrogens is 1.